The van der Waals surface area contributed by atoms with Crippen molar-refractivity contribution in [3.8, 4) is 0 Å². The summed E-state index contributed by atoms with van der Waals surface area (Å²) in [6.07, 6.45) is 5.50. The molecule has 1 amide bonds. The van der Waals surface area contributed by atoms with Crippen LogP contribution in [-0.4, -0.2) is 40.0 Å². The maximum atomic E-state index is 13.0. The van der Waals surface area contributed by atoms with Crippen molar-refractivity contribution in [2.24, 2.45) is 0 Å². The van der Waals surface area contributed by atoms with E-state index in [1.807, 2.05) is 30.3 Å². The number of amides is 1. The van der Waals surface area contributed by atoms with Crippen LogP contribution in [0.2, 0.25) is 0 Å². The fraction of sp³-hybridized carbons (Fsp3) is 0.222. The lowest BCUT2D eigenvalue weighted by Crippen LogP contribution is -2.29. The van der Waals surface area contributed by atoms with E-state index in [1.54, 1.807) is 12.3 Å². The molecular weight excluding hydrogens is 428 g/mol. The number of piperidine rings is 1. The third-order valence-corrected chi connectivity index (χ3v) is 6.26. The highest BCUT2D eigenvalue weighted by Gasteiger charge is 2.29. The summed E-state index contributed by atoms with van der Waals surface area (Å²) >= 11 is 0. The van der Waals surface area contributed by atoms with E-state index in [1.165, 1.54) is 37.0 Å². The summed E-state index contributed by atoms with van der Waals surface area (Å²) in [6.45, 7) is 3.22. The van der Waals surface area contributed by atoms with E-state index in [0.29, 0.717) is 28.2 Å². The van der Waals surface area contributed by atoms with Gasteiger partial charge in [-0.1, -0.05) is 24.6 Å². The van der Waals surface area contributed by atoms with Crippen molar-refractivity contribution >= 4 is 34.5 Å². The van der Waals surface area contributed by atoms with E-state index in [2.05, 4.69) is 32.7 Å². The van der Waals surface area contributed by atoms with Gasteiger partial charge in [-0.2, -0.15) is 0 Å². The lowest BCUT2D eigenvalue weighted by Gasteiger charge is -2.26. The van der Waals surface area contributed by atoms with Crippen LogP contribution in [0, 0.1) is 0 Å². The second-order valence-electron chi connectivity index (χ2n) is 8.64. The summed E-state index contributed by atoms with van der Waals surface area (Å²) < 4.78 is 0. The normalized spacial score (nSPS) is 17.1. The summed E-state index contributed by atoms with van der Waals surface area (Å²) in [5, 5.41) is 15.7. The van der Waals surface area contributed by atoms with E-state index in [0.717, 1.165) is 25.3 Å². The van der Waals surface area contributed by atoms with Crippen LogP contribution in [0.3, 0.4) is 0 Å². The number of hydrogen-bond donors (Lipinski definition) is 3. The van der Waals surface area contributed by atoms with Gasteiger partial charge in [0, 0.05) is 29.7 Å². The van der Waals surface area contributed by atoms with Crippen LogP contribution < -0.4 is 10.6 Å². The fourth-order valence-corrected chi connectivity index (χ4v) is 4.53. The molecule has 3 N–H and O–H groups in total. The van der Waals surface area contributed by atoms with Crippen LogP contribution in [0.4, 0.5) is 11.4 Å². The van der Waals surface area contributed by atoms with E-state index >= 15 is 0 Å². The van der Waals surface area contributed by atoms with Gasteiger partial charge < -0.3 is 15.7 Å². The Bertz CT molecular complexity index is 1250. The zero-order valence-corrected chi connectivity index (χ0v) is 18.8. The fourth-order valence-electron chi connectivity index (χ4n) is 4.53. The average Bonchev–Trinajstić information content (AvgIpc) is 3.19. The van der Waals surface area contributed by atoms with Crippen molar-refractivity contribution in [3.63, 3.8) is 0 Å². The number of fused-ring (bicyclic) bond motifs is 1. The second kappa shape index (κ2) is 9.49. The van der Waals surface area contributed by atoms with Crippen LogP contribution in [0.15, 0.2) is 66.9 Å². The first-order valence-electron chi connectivity index (χ1n) is 11.5. The maximum Gasteiger partial charge on any atom is 0.335 e. The number of aromatic carboxylic acids is 1. The summed E-state index contributed by atoms with van der Waals surface area (Å²) in [4.78, 5) is 31.5. The molecule has 0 spiro atoms. The molecule has 7 heteroatoms. The van der Waals surface area contributed by atoms with Gasteiger partial charge in [0.15, 0.2) is 0 Å². The molecule has 1 saturated heterocycles. The molecule has 0 atom stereocenters. The Hall–Kier alpha value is -3.97. The Morgan fingerprint density at radius 2 is 1.82 bits per heavy atom. The number of benzene rings is 2. The first-order valence-corrected chi connectivity index (χ1v) is 11.5. The molecule has 0 unspecified atom stereocenters. The number of likely N-dealkylation sites (tertiary alicyclic amines) is 1. The van der Waals surface area contributed by atoms with Gasteiger partial charge in [0.05, 0.1) is 22.5 Å². The molecule has 7 nitrogen and oxygen atoms in total. The average molecular weight is 455 g/mol. The molecule has 0 saturated carbocycles. The minimum Gasteiger partial charge on any atom is -0.478 e. The lowest BCUT2D eigenvalue weighted by molar-refractivity contribution is -0.110. The standard InChI is InChI=1S/C27H26N4O3/c32-26-24(21-16-19(27(33)34)9-12-22(21)30-26)25(23-6-2-3-13-28-23)29-20-10-7-18(8-11-20)17-31-14-4-1-5-15-31/h2-3,6-13,16,29H,1,4-5,14-15,17H2,(H,30,32)(H,33,34)/b25-24-. The molecule has 34 heavy (non-hydrogen) atoms. The number of hydrogen-bond acceptors (Lipinski definition) is 5. The maximum absolute atomic E-state index is 13.0. The zero-order valence-electron chi connectivity index (χ0n) is 18.8. The number of carbonyl (C=O) groups is 2. The number of carbonyl (C=O) groups excluding carboxylic acids is 1. The monoisotopic (exact) mass is 454 g/mol. The third kappa shape index (κ3) is 4.56. The molecule has 1 fully saturated rings. The van der Waals surface area contributed by atoms with Gasteiger partial charge in [-0.05, 0) is 74.0 Å². The molecule has 0 radical (unpaired) electrons. The topological polar surface area (TPSA) is 94.6 Å². The number of rotatable bonds is 6. The number of aromatic nitrogens is 1. The number of nitrogens with zero attached hydrogens (tertiary/aromatic N) is 2. The molecule has 2 aromatic carbocycles. The predicted octanol–water partition coefficient (Wildman–Crippen LogP) is 4.70. The summed E-state index contributed by atoms with van der Waals surface area (Å²) in [7, 11) is 0. The molecule has 172 valence electrons. The summed E-state index contributed by atoms with van der Waals surface area (Å²) in [6, 6.07) is 18.3. The quantitative estimate of drug-likeness (QED) is 0.468. The number of carboxylic acids is 1. The number of nitrogens with one attached hydrogen (secondary N) is 2. The van der Waals surface area contributed by atoms with Crippen molar-refractivity contribution in [3.05, 3.63) is 89.2 Å². The predicted molar refractivity (Wildman–Crippen MR) is 132 cm³/mol. The molecule has 0 aliphatic carbocycles. The van der Waals surface area contributed by atoms with E-state index in [9.17, 15) is 14.7 Å². The Morgan fingerprint density at radius 1 is 1.03 bits per heavy atom. The number of carboxylic acid groups (broad SMARTS) is 1. The lowest BCUT2D eigenvalue weighted by atomic mass is 10.0. The van der Waals surface area contributed by atoms with Gasteiger partial charge in [0.2, 0.25) is 0 Å². The zero-order chi connectivity index (χ0) is 23.5. The van der Waals surface area contributed by atoms with Crippen LogP contribution in [0.5, 0.6) is 0 Å². The smallest absolute Gasteiger partial charge is 0.335 e. The Morgan fingerprint density at radius 3 is 2.53 bits per heavy atom. The van der Waals surface area contributed by atoms with Crippen molar-refractivity contribution in [2.45, 2.75) is 25.8 Å². The van der Waals surface area contributed by atoms with Crippen LogP contribution in [-0.2, 0) is 11.3 Å². The van der Waals surface area contributed by atoms with E-state index in [4.69, 9.17) is 0 Å². The van der Waals surface area contributed by atoms with Gasteiger partial charge in [0.25, 0.3) is 5.91 Å². The summed E-state index contributed by atoms with van der Waals surface area (Å²) in [5.41, 5.74) is 4.81. The highest BCUT2D eigenvalue weighted by Crippen LogP contribution is 2.37. The van der Waals surface area contributed by atoms with Gasteiger partial charge in [0.1, 0.15) is 0 Å². The molecule has 0 bridgehead atoms. The minimum atomic E-state index is -1.04. The van der Waals surface area contributed by atoms with E-state index < -0.39 is 5.97 Å². The van der Waals surface area contributed by atoms with Gasteiger partial charge in [-0.25, -0.2) is 4.79 Å². The van der Waals surface area contributed by atoms with Crippen LogP contribution >= 0.6 is 0 Å². The SMILES string of the molecule is O=C1Nc2ccc(C(=O)O)cc2/C1=C(/Nc1ccc(CN2CCCCC2)cc1)c1ccccn1. The molecule has 3 aromatic rings. The molecule has 5 rings (SSSR count). The van der Waals surface area contributed by atoms with Crippen molar-refractivity contribution < 1.29 is 14.7 Å². The molecule has 1 aromatic heterocycles. The first-order chi connectivity index (χ1) is 16.6. The van der Waals surface area contributed by atoms with Gasteiger partial charge >= 0.3 is 5.97 Å². The molecule has 2 aliphatic rings. The van der Waals surface area contributed by atoms with Crippen molar-refractivity contribution in [2.75, 3.05) is 23.7 Å². The molecule has 2 aliphatic heterocycles. The first kappa shape index (κ1) is 21.9. The van der Waals surface area contributed by atoms with Crippen LogP contribution in [0.25, 0.3) is 11.3 Å². The molecule has 3 heterocycles. The highest BCUT2D eigenvalue weighted by molar-refractivity contribution is 6.37. The Kier molecular flexibility index (Phi) is 6.10. The summed E-state index contributed by atoms with van der Waals surface area (Å²) in [5.74, 6) is -1.34. The molecular formula is C27H26N4O3. The van der Waals surface area contributed by atoms with Crippen molar-refractivity contribution in [1.82, 2.24) is 9.88 Å². The van der Waals surface area contributed by atoms with Crippen LogP contribution in [0.1, 0.15) is 46.4 Å². The van der Waals surface area contributed by atoms with E-state index in [-0.39, 0.29) is 11.5 Å². The second-order valence-corrected chi connectivity index (χ2v) is 8.64. The van der Waals surface area contributed by atoms with Crippen molar-refractivity contribution in [1.29, 1.82) is 0 Å². The van der Waals surface area contributed by atoms with Gasteiger partial charge in [-0.15, -0.1) is 0 Å². The Labute approximate surface area is 198 Å². The Balaban J connectivity index is 1.50. The number of anilines is 2. The highest BCUT2D eigenvalue weighted by atomic mass is 16.4. The third-order valence-electron chi connectivity index (χ3n) is 6.26. The largest absolute Gasteiger partial charge is 0.478 e. The van der Waals surface area contributed by atoms with Gasteiger partial charge in [-0.3, -0.25) is 14.7 Å². The minimum absolute atomic E-state index is 0.121. The number of pyridine rings is 1.